The van der Waals surface area contributed by atoms with E-state index in [0.29, 0.717) is 26.3 Å². The minimum absolute atomic E-state index is 0.233. The van der Waals surface area contributed by atoms with Crippen LogP contribution in [-0.2, 0) is 5.60 Å². The number of nitrogens with two attached hydrogens (primary N) is 1. The van der Waals surface area contributed by atoms with E-state index in [9.17, 15) is 18.3 Å². The number of hydrogen-bond acceptors (Lipinski definition) is 5. The lowest BCUT2D eigenvalue weighted by Crippen LogP contribution is -2.39. The maximum Gasteiger partial charge on any atom is 0.421 e. The van der Waals surface area contributed by atoms with Crippen LogP contribution >= 0.6 is 34.7 Å². The molecule has 0 radical (unpaired) electrons. The van der Waals surface area contributed by atoms with Gasteiger partial charge in [0.15, 0.2) is 10.7 Å². The van der Waals surface area contributed by atoms with Gasteiger partial charge in [0, 0.05) is 4.90 Å². The van der Waals surface area contributed by atoms with Gasteiger partial charge >= 0.3 is 6.18 Å². The molecule has 1 aromatic heterocycles. The molecule has 2 aromatic rings. The highest BCUT2D eigenvalue weighted by Gasteiger charge is 2.51. The molecule has 0 saturated heterocycles. The molecule has 0 aliphatic rings. The van der Waals surface area contributed by atoms with E-state index in [1.54, 1.807) is 0 Å². The summed E-state index contributed by atoms with van der Waals surface area (Å²) in [5.74, 6) is 0. The molecule has 0 fully saturated rings. The number of nitrogens with zero attached hydrogens (tertiary/aromatic N) is 1. The first-order chi connectivity index (χ1) is 9.61. The zero-order valence-electron chi connectivity index (χ0n) is 10.6. The average molecular weight is 355 g/mol. The Morgan fingerprint density at radius 1 is 1.29 bits per heavy atom. The topological polar surface area (TPSA) is 59.1 Å². The molecule has 0 bridgehead atoms. The summed E-state index contributed by atoms with van der Waals surface area (Å²) in [6.45, 7) is 0.715. The number of aromatic nitrogens is 1. The van der Waals surface area contributed by atoms with Crippen molar-refractivity contribution >= 4 is 39.8 Å². The van der Waals surface area contributed by atoms with E-state index in [1.807, 2.05) is 0 Å². The van der Waals surface area contributed by atoms with Crippen LogP contribution in [-0.4, -0.2) is 16.3 Å². The van der Waals surface area contributed by atoms with E-state index in [2.05, 4.69) is 4.98 Å². The maximum atomic E-state index is 12.7. The van der Waals surface area contributed by atoms with Gasteiger partial charge in [-0.3, -0.25) is 0 Å². The van der Waals surface area contributed by atoms with Crippen LogP contribution in [0.4, 0.5) is 18.3 Å². The zero-order chi connectivity index (χ0) is 15.8. The van der Waals surface area contributed by atoms with Gasteiger partial charge in [0.25, 0.3) is 0 Å². The molecule has 9 heteroatoms. The molecular weight excluding hydrogens is 345 g/mol. The Morgan fingerprint density at radius 3 is 2.29 bits per heavy atom. The number of hydrogen-bond donors (Lipinski definition) is 2. The number of alkyl halides is 3. The van der Waals surface area contributed by atoms with E-state index >= 15 is 0 Å². The number of anilines is 1. The molecule has 0 aliphatic carbocycles. The van der Waals surface area contributed by atoms with Crippen molar-refractivity contribution in [2.75, 3.05) is 5.73 Å². The number of nitrogen functional groups attached to an aromatic ring is 1. The molecule has 0 aliphatic heterocycles. The van der Waals surface area contributed by atoms with Gasteiger partial charge in [-0.15, -0.1) is 0 Å². The summed E-state index contributed by atoms with van der Waals surface area (Å²) in [6.07, 6.45) is -4.74. The van der Waals surface area contributed by atoms with Gasteiger partial charge in [-0.25, -0.2) is 4.98 Å². The number of benzene rings is 1. The van der Waals surface area contributed by atoms with Crippen LogP contribution in [0.3, 0.4) is 0 Å². The standard InChI is InChI=1S/C12H10ClF3N2OS2/c1-11(19,12(14,15)16)6-2-4-7(5-3-6)20-9-8(13)21-10(17)18-9/h2-5,19H,1H3,(H2,17,18). The third kappa shape index (κ3) is 3.45. The predicted octanol–water partition coefficient (Wildman–Crippen LogP) is 4.30. The highest BCUT2D eigenvalue weighted by molar-refractivity contribution is 7.99. The lowest BCUT2D eigenvalue weighted by molar-refractivity contribution is -0.258. The van der Waals surface area contributed by atoms with Crippen LogP contribution in [0.25, 0.3) is 0 Å². The fourth-order valence-electron chi connectivity index (χ4n) is 1.49. The number of aliphatic hydroxyl groups is 1. The zero-order valence-corrected chi connectivity index (χ0v) is 13.0. The third-order valence-corrected chi connectivity index (χ3v) is 5.08. The van der Waals surface area contributed by atoms with E-state index < -0.39 is 11.8 Å². The summed E-state index contributed by atoms with van der Waals surface area (Å²) in [5, 5.41) is 10.4. The number of thiazole rings is 1. The number of rotatable bonds is 3. The SMILES string of the molecule is CC(O)(c1ccc(Sc2nc(N)sc2Cl)cc1)C(F)(F)F. The summed E-state index contributed by atoms with van der Waals surface area (Å²) >= 11 is 8.23. The quantitative estimate of drug-likeness (QED) is 0.862. The molecule has 2 rings (SSSR count). The summed E-state index contributed by atoms with van der Waals surface area (Å²) in [6, 6.07) is 5.37. The Bertz CT molecular complexity index is 641. The minimum Gasteiger partial charge on any atom is -0.376 e. The molecule has 1 aromatic carbocycles. The summed E-state index contributed by atoms with van der Waals surface area (Å²) < 4.78 is 38.6. The maximum absolute atomic E-state index is 12.7. The second kappa shape index (κ2) is 5.68. The van der Waals surface area contributed by atoms with E-state index in [-0.39, 0.29) is 5.56 Å². The molecule has 1 atom stereocenters. The lowest BCUT2D eigenvalue weighted by atomic mass is 9.96. The molecule has 1 heterocycles. The first-order valence-electron chi connectivity index (χ1n) is 5.60. The van der Waals surface area contributed by atoms with Crippen molar-refractivity contribution in [3.8, 4) is 0 Å². The molecule has 1 unspecified atom stereocenters. The Balaban J connectivity index is 2.22. The fraction of sp³-hybridized carbons (Fsp3) is 0.250. The third-order valence-electron chi connectivity index (χ3n) is 2.76. The smallest absolute Gasteiger partial charge is 0.376 e. The summed E-state index contributed by atoms with van der Waals surface area (Å²) in [4.78, 5) is 4.66. The van der Waals surface area contributed by atoms with Crippen LogP contribution in [0.2, 0.25) is 4.34 Å². The van der Waals surface area contributed by atoms with Gasteiger partial charge in [0.05, 0.1) is 0 Å². The molecule has 21 heavy (non-hydrogen) atoms. The minimum atomic E-state index is -4.74. The molecule has 3 N–H and O–H groups in total. The molecule has 3 nitrogen and oxygen atoms in total. The largest absolute Gasteiger partial charge is 0.421 e. The molecule has 0 saturated carbocycles. The van der Waals surface area contributed by atoms with Gasteiger partial charge < -0.3 is 10.8 Å². The van der Waals surface area contributed by atoms with Crippen LogP contribution in [0.1, 0.15) is 12.5 Å². The van der Waals surface area contributed by atoms with E-state index in [4.69, 9.17) is 17.3 Å². The Morgan fingerprint density at radius 2 is 1.86 bits per heavy atom. The first-order valence-corrected chi connectivity index (χ1v) is 7.61. The van der Waals surface area contributed by atoms with Crippen molar-refractivity contribution in [2.45, 2.75) is 28.6 Å². The molecule has 0 amide bonds. The van der Waals surface area contributed by atoms with Gasteiger partial charge in [0.2, 0.25) is 0 Å². The van der Waals surface area contributed by atoms with Crippen molar-refractivity contribution in [2.24, 2.45) is 0 Å². The highest BCUT2D eigenvalue weighted by atomic mass is 35.5. The van der Waals surface area contributed by atoms with Crippen molar-refractivity contribution in [1.82, 2.24) is 4.98 Å². The monoisotopic (exact) mass is 354 g/mol. The Hall–Kier alpha value is -0.960. The van der Waals surface area contributed by atoms with Crippen molar-refractivity contribution in [1.29, 1.82) is 0 Å². The average Bonchev–Trinajstić information content (AvgIpc) is 2.67. The predicted molar refractivity (Wildman–Crippen MR) is 77.7 cm³/mol. The normalized spacial score (nSPS) is 15.0. The molecule has 114 valence electrons. The van der Waals surface area contributed by atoms with Crippen LogP contribution in [0.5, 0.6) is 0 Å². The van der Waals surface area contributed by atoms with Gasteiger partial charge in [-0.2, -0.15) is 13.2 Å². The van der Waals surface area contributed by atoms with Crippen molar-refractivity contribution < 1.29 is 18.3 Å². The molecular formula is C12H10ClF3N2OS2. The van der Waals surface area contributed by atoms with E-state index in [1.165, 1.54) is 36.0 Å². The second-order valence-electron chi connectivity index (χ2n) is 4.33. The van der Waals surface area contributed by atoms with Gasteiger partial charge in [0.1, 0.15) is 9.36 Å². The van der Waals surface area contributed by atoms with E-state index in [0.717, 1.165) is 11.3 Å². The second-order valence-corrected chi connectivity index (χ2v) is 7.02. The van der Waals surface area contributed by atoms with Crippen LogP contribution in [0.15, 0.2) is 34.2 Å². The van der Waals surface area contributed by atoms with Crippen LogP contribution in [0, 0.1) is 0 Å². The van der Waals surface area contributed by atoms with Gasteiger partial charge in [-0.05, 0) is 24.6 Å². The lowest BCUT2D eigenvalue weighted by Gasteiger charge is -2.26. The summed E-state index contributed by atoms with van der Waals surface area (Å²) in [7, 11) is 0. The highest BCUT2D eigenvalue weighted by Crippen LogP contribution is 2.40. The van der Waals surface area contributed by atoms with Crippen LogP contribution < -0.4 is 5.73 Å². The fourth-order valence-corrected chi connectivity index (χ4v) is 3.36. The first kappa shape index (κ1) is 16.4. The van der Waals surface area contributed by atoms with Crippen molar-refractivity contribution in [3.05, 3.63) is 34.2 Å². The number of halogens is 4. The Labute approximate surface area is 132 Å². The molecule has 0 spiro atoms. The summed E-state index contributed by atoms with van der Waals surface area (Å²) in [5.41, 5.74) is 2.39. The Kier molecular flexibility index (Phi) is 4.44. The van der Waals surface area contributed by atoms with Crippen molar-refractivity contribution in [3.63, 3.8) is 0 Å². The van der Waals surface area contributed by atoms with Gasteiger partial charge in [-0.1, -0.05) is 46.8 Å².